The third-order valence-electron chi connectivity index (χ3n) is 3.13. The molecule has 1 aliphatic heterocycles. The molecule has 1 aliphatic rings. The van der Waals surface area contributed by atoms with Crippen LogP contribution in [0.15, 0.2) is 24.3 Å². The van der Waals surface area contributed by atoms with Crippen LogP contribution in [0.4, 0.5) is 0 Å². The van der Waals surface area contributed by atoms with Gasteiger partial charge in [0.1, 0.15) is 0 Å². The van der Waals surface area contributed by atoms with Gasteiger partial charge in [-0.3, -0.25) is 4.90 Å². The van der Waals surface area contributed by atoms with Crippen LogP contribution < -0.4 is 11.1 Å². The summed E-state index contributed by atoms with van der Waals surface area (Å²) in [6, 6.07) is 8.65. The summed E-state index contributed by atoms with van der Waals surface area (Å²) in [4.78, 5) is 2.43. The van der Waals surface area contributed by atoms with Crippen molar-refractivity contribution in [3.05, 3.63) is 35.4 Å². The standard InChI is InChI=1S/C13H21N3/c1-11-3-2-4-12(9-11)13(14)10-16-7-5-15-6-8-16/h2-4,9,13,15H,5-8,10,14H2,1H3. The highest BCUT2D eigenvalue weighted by atomic mass is 15.2. The van der Waals surface area contributed by atoms with Crippen LogP contribution in [0.3, 0.4) is 0 Å². The van der Waals surface area contributed by atoms with Crippen molar-refractivity contribution in [2.45, 2.75) is 13.0 Å². The Bertz CT molecular complexity index is 332. The Kier molecular flexibility index (Phi) is 3.93. The highest BCUT2D eigenvalue weighted by molar-refractivity contribution is 5.25. The van der Waals surface area contributed by atoms with E-state index >= 15 is 0 Å². The van der Waals surface area contributed by atoms with Crippen molar-refractivity contribution in [3.8, 4) is 0 Å². The van der Waals surface area contributed by atoms with Gasteiger partial charge < -0.3 is 11.1 Å². The van der Waals surface area contributed by atoms with Crippen LogP contribution >= 0.6 is 0 Å². The van der Waals surface area contributed by atoms with E-state index in [1.54, 1.807) is 0 Å². The van der Waals surface area contributed by atoms with Gasteiger partial charge in [-0.05, 0) is 12.5 Å². The van der Waals surface area contributed by atoms with E-state index in [1.165, 1.54) is 11.1 Å². The molecule has 0 spiro atoms. The van der Waals surface area contributed by atoms with Crippen LogP contribution in [-0.4, -0.2) is 37.6 Å². The molecular weight excluding hydrogens is 198 g/mol. The van der Waals surface area contributed by atoms with Gasteiger partial charge in [0.2, 0.25) is 0 Å². The van der Waals surface area contributed by atoms with Gasteiger partial charge in [0.05, 0.1) is 0 Å². The molecule has 0 aromatic heterocycles. The third kappa shape index (κ3) is 3.04. The number of hydrogen-bond acceptors (Lipinski definition) is 3. The first-order valence-corrected chi connectivity index (χ1v) is 6.01. The van der Waals surface area contributed by atoms with E-state index in [4.69, 9.17) is 5.73 Å². The molecule has 0 aliphatic carbocycles. The van der Waals surface area contributed by atoms with Gasteiger partial charge in [0.15, 0.2) is 0 Å². The molecular formula is C13H21N3. The zero-order valence-corrected chi connectivity index (χ0v) is 9.95. The fourth-order valence-electron chi connectivity index (χ4n) is 2.18. The first-order chi connectivity index (χ1) is 7.75. The lowest BCUT2D eigenvalue weighted by molar-refractivity contribution is 0.228. The minimum atomic E-state index is 0.137. The van der Waals surface area contributed by atoms with E-state index in [2.05, 4.69) is 41.4 Å². The Balaban J connectivity index is 1.94. The number of nitrogens with two attached hydrogens (primary N) is 1. The normalized spacial score (nSPS) is 19.6. The van der Waals surface area contributed by atoms with Gasteiger partial charge in [-0.2, -0.15) is 0 Å². The lowest BCUT2D eigenvalue weighted by Crippen LogP contribution is -2.45. The van der Waals surface area contributed by atoms with Gasteiger partial charge in [0.25, 0.3) is 0 Å². The molecule has 0 radical (unpaired) electrons. The second-order valence-corrected chi connectivity index (χ2v) is 4.57. The summed E-state index contributed by atoms with van der Waals surface area (Å²) in [5, 5.41) is 3.35. The van der Waals surface area contributed by atoms with Crippen molar-refractivity contribution in [1.82, 2.24) is 10.2 Å². The molecule has 0 bridgehead atoms. The lowest BCUT2D eigenvalue weighted by atomic mass is 10.0. The Hall–Kier alpha value is -0.900. The Labute approximate surface area is 97.6 Å². The molecule has 3 N–H and O–H groups in total. The number of hydrogen-bond donors (Lipinski definition) is 2. The number of nitrogens with zero attached hydrogens (tertiary/aromatic N) is 1. The van der Waals surface area contributed by atoms with E-state index in [0.717, 1.165) is 32.7 Å². The van der Waals surface area contributed by atoms with Crippen LogP contribution in [0.2, 0.25) is 0 Å². The molecule has 16 heavy (non-hydrogen) atoms. The van der Waals surface area contributed by atoms with Gasteiger partial charge >= 0.3 is 0 Å². The van der Waals surface area contributed by atoms with Crippen molar-refractivity contribution in [2.75, 3.05) is 32.7 Å². The summed E-state index contributed by atoms with van der Waals surface area (Å²) >= 11 is 0. The summed E-state index contributed by atoms with van der Waals surface area (Å²) in [7, 11) is 0. The summed E-state index contributed by atoms with van der Waals surface area (Å²) in [5.74, 6) is 0. The van der Waals surface area contributed by atoms with E-state index < -0.39 is 0 Å². The molecule has 88 valence electrons. The lowest BCUT2D eigenvalue weighted by Gasteiger charge is -2.29. The van der Waals surface area contributed by atoms with Crippen LogP contribution in [-0.2, 0) is 0 Å². The predicted octanol–water partition coefficient (Wildman–Crippen LogP) is 0.900. The fourth-order valence-corrected chi connectivity index (χ4v) is 2.18. The van der Waals surface area contributed by atoms with Crippen LogP contribution in [0.25, 0.3) is 0 Å². The molecule has 2 rings (SSSR count). The Morgan fingerprint density at radius 3 is 2.81 bits per heavy atom. The SMILES string of the molecule is Cc1cccc(C(N)CN2CCNCC2)c1. The number of rotatable bonds is 3. The van der Waals surface area contributed by atoms with Crippen LogP contribution in [0.1, 0.15) is 17.2 Å². The average molecular weight is 219 g/mol. The second kappa shape index (κ2) is 5.43. The molecule has 1 unspecified atom stereocenters. The molecule has 1 aromatic rings. The fraction of sp³-hybridized carbons (Fsp3) is 0.538. The minimum Gasteiger partial charge on any atom is -0.323 e. The van der Waals surface area contributed by atoms with E-state index in [1.807, 2.05) is 0 Å². The Morgan fingerprint density at radius 2 is 2.12 bits per heavy atom. The zero-order valence-electron chi connectivity index (χ0n) is 9.95. The highest BCUT2D eigenvalue weighted by Gasteiger charge is 2.14. The maximum Gasteiger partial charge on any atom is 0.0424 e. The molecule has 0 saturated carbocycles. The van der Waals surface area contributed by atoms with Gasteiger partial charge in [-0.25, -0.2) is 0 Å². The average Bonchev–Trinajstić information content (AvgIpc) is 2.30. The second-order valence-electron chi connectivity index (χ2n) is 4.57. The quantitative estimate of drug-likeness (QED) is 0.793. The third-order valence-corrected chi connectivity index (χ3v) is 3.13. The molecule has 1 aromatic carbocycles. The van der Waals surface area contributed by atoms with Gasteiger partial charge in [-0.15, -0.1) is 0 Å². The first-order valence-electron chi connectivity index (χ1n) is 6.01. The van der Waals surface area contributed by atoms with E-state index in [-0.39, 0.29) is 6.04 Å². The summed E-state index contributed by atoms with van der Waals surface area (Å²) < 4.78 is 0. The van der Waals surface area contributed by atoms with E-state index in [0.29, 0.717) is 0 Å². The minimum absolute atomic E-state index is 0.137. The van der Waals surface area contributed by atoms with Crippen LogP contribution in [0.5, 0.6) is 0 Å². The van der Waals surface area contributed by atoms with E-state index in [9.17, 15) is 0 Å². The highest BCUT2D eigenvalue weighted by Crippen LogP contribution is 2.13. The number of benzene rings is 1. The monoisotopic (exact) mass is 219 g/mol. The Morgan fingerprint density at radius 1 is 1.38 bits per heavy atom. The van der Waals surface area contributed by atoms with Crippen molar-refractivity contribution in [2.24, 2.45) is 5.73 Å². The smallest absolute Gasteiger partial charge is 0.0424 e. The van der Waals surface area contributed by atoms with Crippen molar-refractivity contribution in [3.63, 3.8) is 0 Å². The summed E-state index contributed by atoms with van der Waals surface area (Å²) in [6.45, 7) is 7.46. The number of aryl methyl sites for hydroxylation is 1. The topological polar surface area (TPSA) is 41.3 Å². The largest absolute Gasteiger partial charge is 0.323 e. The predicted molar refractivity (Wildman–Crippen MR) is 67.4 cm³/mol. The maximum atomic E-state index is 6.23. The summed E-state index contributed by atoms with van der Waals surface area (Å²) in [6.07, 6.45) is 0. The molecule has 3 heteroatoms. The summed E-state index contributed by atoms with van der Waals surface area (Å²) in [5.41, 5.74) is 8.77. The number of nitrogens with one attached hydrogen (secondary N) is 1. The zero-order chi connectivity index (χ0) is 11.4. The van der Waals surface area contributed by atoms with Crippen molar-refractivity contribution >= 4 is 0 Å². The van der Waals surface area contributed by atoms with Gasteiger partial charge in [0, 0.05) is 38.8 Å². The van der Waals surface area contributed by atoms with Crippen LogP contribution in [0, 0.1) is 6.92 Å². The molecule has 3 nitrogen and oxygen atoms in total. The maximum absolute atomic E-state index is 6.23. The first kappa shape index (κ1) is 11.6. The molecule has 1 fully saturated rings. The van der Waals surface area contributed by atoms with Crippen molar-refractivity contribution in [1.29, 1.82) is 0 Å². The molecule has 1 saturated heterocycles. The molecule has 1 heterocycles. The molecule has 0 amide bonds. The van der Waals surface area contributed by atoms with Gasteiger partial charge in [-0.1, -0.05) is 29.8 Å². The molecule has 1 atom stereocenters. The van der Waals surface area contributed by atoms with Crippen molar-refractivity contribution < 1.29 is 0 Å². The number of piperazine rings is 1.